The topological polar surface area (TPSA) is 19.7 Å². The van der Waals surface area contributed by atoms with Gasteiger partial charge in [0.05, 0.1) is 12.0 Å². The van der Waals surface area contributed by atoms with Crippen molar-refractivity contribution in [3.05, 3.63) is 18.2 Å². The number of aromatic amines is 1. The summed E-state index contributed by atoms with van der Waals surface area (Å²) in [6.45, 7) is 9.40. The lowest BCUT2D eigenvalue weighted by Crippen LogP contribution is -2.41. The largest absolute Gasteiger partial charge is 0.257 e. The Morgan fingerprint density at radius 3 is 1.31 bits per heavy atom. The molecule has 1 heterocycles. The highest BCUT2D eigenvalue weighted by Gasteiger charge is 2.25. The predicted octanol–water partition coefficient (Wildman–Crippen LogP) is 11.8. The summed E-state index contributed by atoms with van der Waals surface area (Å²) in [6, 6.07) is 0.622. The average molecular weight is 504 g/mol. The first kappa shape index (κ1) is 33.2. The van der Waals surface area contributed by atoms with Gasteiger partial charge in [-0.15, -0.1) is 0 Å². The monoisotopic (exact) mass is 504 g/mol. The minimum absolute atomic E-state index is 0.622. The molecule has 0 amide bonds. The lowest BCUT2D eigenvalue weighted by atomic mass is 9.93. The van der Waals surface area contributed by atoms with Gasteiger partial charge in [0.15, 0.2) is 0 Å². The zero-order valence-corrected chi connectivity index (χ0v) is 25.4. The van der Waals surface area contributed by atoms with Crippen molar-refractivity contribution in [3.63, 3.8) is 0 Å². The Kier molecular flexibility index (Phi) is 22.7. The lowest BCUT2D eigenvalue weighted by Gasteiger charge is -2.17. The molecular formula is C34H67N2+. The summed E-state index contributed by atoms with van der Waals surface area (Å²) < 4.78 is 2.62. The maximum atomic E-state index is 3.71. The van der Waals surface area contributed by atoms with Crippen LogP contribution in [0.2, 0.25) is 0 Å². The predicted molar refractivity (Wildman–Crippen MR) is 161 cm³/mol. The van der Waals surface area contributed by atoms with Gasteiger partial charge in [-0.3, -0.25) is 0 Å². The zero-order valence-electron chi connectivity index (χ0n) is 25.4. The Balaban J connectivity index is 2.46. The second-order valence-electron chi connectivity index (χ2n) is 11.9. The Hall–Kier alpha value is -0.790. The molecule has 1 aromatic rings. The Morgan fingerprint density at radius 1 is 0.528 bits per heavy atom. The highest BCUT2D eigenvalue weighted by atomic mass is 15.1. The SMILES string of the molecule is CCCCCCCCCCCC(C)[n+]1cc[nH]c1C(CCCCCCCC)CCCCCCCCC. The molecule has 0 aromatic carbocycles. The molecule has 0 aliphatic rings. The smallest absolute Gasteiger partial charge is 0.247 e. The van der Waals surface area contributed by atoms with Gasteiger partial charge in [-0.2, -0.15) is 0 Å². The summed E-state index contributed by atoms with van der Waals surface area (Å²) >= 11 is 0. The first-order chi connectivity index (χ1) is 17.7. The quantitative estimate of drug-likeness (QED) is 0.0909. The van der Waals surface area contributed by atoms with Crippen LogP contribution in [0.1, 0.15) is 206 Å². The number of imidazole rings is 1. The third-order valence-corrected chi connectivity index (χ3v) is 8.39. The van der Waals surface area contributed by atoms with Gasteiger partial charge >= 0.3 is 0 Å². The summed E-state index contributed by atoms with van der Waals surface area (Å²) in [5, 5.41) is 0. The number of nitrogens with zero attached hydrogens (tertiary/aromatic N) is 1. The van der Waals surface area contributed by atoms with Gasteiger partial charge in [0.1, 0.15) is 12.4 Å². The van der Waals surface area contributed by atoms with Gasteiger partial charge in [-0.1, -0.05) is 156 Å². The molecule has 2 atom stereocenters. The molecule has 212 valence electrons. The van der Waals surface area contributed by atoms with E-state index >= 15 is 0 Å². The van der Waals surface area contributed by atoms with E-state index < -0.39 is 0 Å². The number of H-pyrrole nitrogens is 1. The van der Waals surface area contributed by atoms with Crippen LogP contribution in [0.15, 0.2) is 12.4 Å². The second kappa shape index (κ2) is 24.5. The van der Waals surface area contributed by atoms with E-state index in [4.69, 9.17) is 0 Å². The number of nitrogens with one attached hydrogen (secondary N) is 1. The fourth-order valence-electron chi connectivity index (χ4n) is 5.90. The first-order valence-electron chi connectivity index (χ1n) is 16.8. The molecule has 0 spiro atoms. The van der Waals surface area contributed by atoms with Crippen LogP contribution in [0.25, 0.3) is 0 Å². The standard InChI is InChI=1S/C34H66N2/c1-5-8-11-14-17-18-20-21-24-27-32(4)36-31-30-35-34(36)33(28-25-22-16-13-10-7-3)29-26-23-19-15-12-9-6-2/h30-33H,5-29H2,1-4H3/p+1. The van der Waals surface area contributed by atoms with Crippen molar-refractivity contribution in [2.75, 3.05) is 0 Å². The summed E-state index contributed by atoms with van der Waals surface area (Å²) in [7, 11) is 0. The minimum atomic E-state index is 0.622. The number of hydrogen-bond donors (Lipinski definition) is 1. The molecule has 0 aliphatic carbocycles. The van der Waals surface area contributed by atoms with Crippen molar-refractivity contribution in [1.29, 1.82) is 0 Å². The van der Waals surface area contributed by atoms with Crippen LogP contribution in [-0.4, -0.2) is 4.98 Å². The Labute approximate surface area is 227 Å². The first-order valence-corrected chi connectivity index (χ1v) is 16.8. The Morgan fingerprint density at radius 2 is 0.889 bits per heavy atom. The van der Waals surface area contributed by atoms with E-state index in [0.29, 0.717) is 12.0 Å². The Bertz CT molecular complexity index is 563. The van der Waals surface area contributed by atoms with Gasteiger partial charge in [0, 0.05) is 0 Å². The molecular weight excluding hydrogens is 436 g/mol. The van der Waals surface area contributed by atoms with E-state index in [0.717, 1.165) is 0 Å². The third kappa shape index (κ3) is 16.9. The highest BCUT2D eigenvalue weighted by Crippen LogP contribution is 2.27. The maximum Gasteiger partial charge on any atom is 0.257 e. The number of unbranched alkanes of at least 4 members (excludes halogenated alkanes) is 19. The van der Waals surface area contributed by atoms with E-state index in [-0.39, 0.29) is 0 Å². The van der Waals surface area contributed by atoms with Crippen molar-refractivity contribution in [1.82, 2.24) is 4.98 Å². The third-order valence-electron chi connectivity index (χ3n) is 8.39. The van der Waals surface area contributed by atoms with E-state index in [1.165, 1.54) is 166 Å². The number of aromatic nitrogens is 2. The van der Waals surface area contributed by atoms with Gasteiger partial charge < -0.3 is 0 Å². The van der Waals surface area contributed by atoms with Gasteiger partial charge in [-0.05, 0) is 32.6 Å². The molecule has 0 bridgehead atoms. The van der Waals surface area contributed by atoms with E-state index in [2.05, 4.69) is 49.6 Å². The fraction of sp³-hybridized carbons (Fsp3) is 0.912. The minimum Gasteiger partial charge on any atom is -0.247 e. The van der Waals surface area contributed by atoms with Crippen LogP contribution < -0.4 is 4.57 Å². The van der Waals surface area contributed by atoms with Crippen LogP contribution >= 0.6 is 0 Å². The van der Waals surface area contributed by atoms with E-state index in [9.17, 15) is 0 Å². The van der Waals surface area contributed by atoms with Crippen molar-refractivity contribution in [2.45, 2.75) is 200 Å². The molecule has 0 saturated carbocycles. The average Bonchev–Trinajstić information content (AvgIpc) is 3.38. The summed E-state index contributed by atoms with van der Waals surface area (Å²) in [5.74, 6) is 2.24. The number of hydrogen-bond acceptors (Lipinski definition) is 0. The molecule has 0 fully saturated rings. The maximum absolute atomic E-state index is 3.71. The van der Waals surface area contributed by atoms with Crippen molar-refractivity contribution >= 4 is 0 Å². The van der Waals surface area contributed by atoms with Crippen LogP contribution in [0.3, 0.4) is 0 Å². The highest BCUT2D eigenvalue weighted by molar-refractivity contribution is 4.90. The van der Waals surface area contributed by atoms with Crippen LogP contribution in [0.5, 0.6) is 0 Å². The molecule has 0 radical (unpaired) electrons. The van der Waals surface area contributed by atoms with Gasteiger partial charge in [0.25, 0.3) is 5.82 Å². The summed E-state index contributed by atoms with van der Waals surface area (Å²) in [4.78, 5) is 3.71. The molecule has 1 aromatic heterocycles. The van der Waals surface area contributed by atoms with Gasteiger partial charge in [0.2, 0.25) is 0 Å². The van der Waals surface area contributed by atoms with Crippen LogP contribution in [0, 0.1) is 0 Å². The van der Waals surface area contributed by atoms with Crippen molar-refractivity contribution < 1.29 is 4.57 Å². The van der Waals surface area contributed by atoms with Crippen LogP contribution in [0.4, 0.5) is 0 Å². The van der Waals surface area contributed by atoms with Crippen molar-refractivity contribution in [3.8, 4) is 0 Å². The lowest BCUT2D eigenvalue weighted by molar-refractivity contribution is -0.727. The fourth-order valence-corrected chi connectivity index (χ4v) is 5.90. The molecule has 36 heavy (non-hydrogen) atoms. The molecule has 2 nitrogen and oxygen atoms in total. The summed E-state index contributed by atoms with van der Waals surface area (Å²) in [6.07, 6.45) is 39.7. The van der Waals surface area contributed by atoms with E-state index in [1.54, 1.807) is 0 Å². The zero-order chi connectivity index (χ0) is 26.1. The van der Waals surface area contributed by atoms with E-state index in [1.807, 2.05) is 0 Å². The molecule has 1 rings (SSSR count). The molecule has 2 heteroatoms. The van der Waals surface area contributed by atoms with Crippen molar-refractivity contribution in [2.24, 2.45) is 0 Å². The van der Waals surface area contributed by atoms with Crippen LogP contribution in [-0.2, 0) is 0 Å². The number of rotatable bonds is 27. The van der Waals surface area contributed by atoms with Gasteiger partial charge in [-0.25, -0.2) is 9.55 Å². The normalized spacial score (nSPS) is 13.3. The molecule has 0 aliphatic heterocycles. The molecule has 2 unspecified atom stereocenters. The molecule has 0 saturated heterocycles. The second-order valence-corrected chi connectivity index (χ2v) is 11.9. The molecule has 1 N–H and O–H groups in total. The summed E-state index contributed by atoms with van der Waals surface area (Å²) in [5.41, 5.74) is 0.